The van der Waals surface area contributed by atoms with Crippen molar-refractivity contribution in [3.8, 4) is 16.2 Å². The second-order valence-electron chi connectivity index (χ2n) is 7.73. The zero-order valence-electron chi connectivity index (χ0n) is 17.4. The Balaban J connectivity index is 1.43. The third-order valence-electron chi connectivity index (χ3n) is 5.55. The van der Waals surface area contributed by atoms with Crippen molar-refractivity contribution >= 4 is 17.2 Å². The Labute approximate surface area is 182 Å². The number of carbonyl (C=O) groups excluding carboxylic acids is 1. The van der Waals surface area contributed by atoms with Gasteiger partial charge in [0.25, 0.3) is 5.91 Å². The Morgan fingerprint density at radius 3 is 2.60 bits per heavy atom. The number of likely N-dealkylation sites (tertiary alicyclic amines) is 1. The monoisotopic (exact) mass is 420 g/mol. The molecular formula is C25H28N2O2S. The summed E-state index contributed by atoms with van der Waals surface area (Å²) in [6, 6.07) is 20.3. The molecule has 5 heteroatoms. The number of benzene rings is 2. The number of piperidine rings is 1. The first-order valence-corrected chi connectivity index (χ1v) is 11.6. The van der Waals surface area contributed by atoms with E-state index in [1.807, 2.05) is 55.5 Å². The van der Waals surface area contributed by atoms with Gasteiger partial charge in [0.1, 0.15) is 11.4 Å². The molecule has 156 valence electrons. The lowest BCUT2D eigenvalue weighted by atomic mass is 9.97. The van der Waals surface area contributed by atoms with Crippen LogP contribution >= 0.6 is 11.3 Å². The van der Waals surface area contributed by atoms with E-state index in [4.69, 9.17) is 4.74 Å². The van der Waals surface area contributed by atoms with Crippen molar-refractivity contribution in [3.05, 3.63) is 71.4 Å². The number of amides is 1. The number of rotatable bonds is 7. The molecule has 1 aliphatic heterocycles. The molecule has 4 rings (SSSR count). The molecule has 2 heterocycles. The van der Waals surface area contributed by atoms with Crippen molar-refractivity contribution in [2.24, 2.45) is 0 Å². The minimum Gasteiger partial charge on any atom is -0.494 e. The van der Waals surface area contributed by atoms with E-state index >= 15 is 0 Å². The average Bonchev–Trinajstić information content (AvgIpc) is 3.19. The number of ether oxygens (including phenoxy) is 1. The highest BCUT2D eigenvalue weighted by molar-refractivity contribution is 7.15. The number of para-hydroxylation sites is 1. The van der Waals surface area contributed by atoms with E-state index in [9.17, 15) is 4.79 Å². The molecule has 1 atom stereocenters. The van der Waals surface area contributed by atoms with Crippen LogP contribution in [0.3, 0.4) is 0 Å². The molecule has 4 nitrogen and oxygen atoms in total. The zero-order chi connectivity index (χ0) is 20.8. The lowest BCUT2D eigenvalue weighted by Gasteiger charge is -2.35. The third-order valence-corrected chi connectivity index (χ3v) is 6.57. The fraction of sp³-hybridized carbons (Fsp3) is 0.360. The zero-order valence-corrected chi connectivity index (χ0v) is 18.2. The van der Waals surface area contributed by atoms with Crippen LogP contribution in [0.25, 0.3) is 10.4 Å². The Morgan fingerprint density at radius 2 is 1.83 bits per heavy atom. The number of hydrogen-bond donors (Lipinski definition) is 0. The molecule has 0 N–H and O–H groups in total. The van der Waals surface area contributed by atoms with Gasteiger partial charge in [-0.05, 0) is 56.7 Å². The van der Waals surface area contributed by atoms with Crippen molar-refractivity contribution in [3.63, 3.8) is 0 Å². The summed E-state index contributed by atoms with van der Waals surface area (Å²) in [6.07, 6.45) is 5.19. The van der Waals surface area contributed by atoms with E-state index in [1.165, 1.54) is 6.42 Å². The highest BCUT2D eigenvalue weighted by Crippen LogP contribution is 2.32. The molecule has 30 heavy (non-hydrogen) atoms. The topological polar surface area (TPSA) is 42.4 Å². The lowest BCUT2D eigenvalue weighted by Crippen LogP contribution is -2.44. The van der Waals surface area contributed by atoms with Gasteiger partial charge in [-0.25, -0.2) is 4.98 Å². The molecule has 1 saturated heterocycles. The van der Waals surface area contributed by atoms with Crippen LogP contribution in [0.5, 0.6) is 5.75 Å². The normalized spacial score (nSPS) is 16.4. The quantitative estimate of drug-likeness (QED) is 0.442. The predicted molar refractivity (Wildman–Crippen MR) is 122 cm³/mol. The van der Waals surface area contributed by atoms with E-state index < -0.39 is 0 Å². The summed E-state index contributed by atoms with van der Waals surface area (Å²) in [5, 5.41) is 0.932. The Kier molecular flexibility index (Phi) is 6.80. The van der Waals surface area contributed by atoms with E-state index in [1.54, 1.807) is 11.3 Å². The lowest BCUT2D eigenvalue weighted by molar-refractivity contribution is 0.0588. The van der Waals surface area contributed by atoms with Crippen LogP contribution in [-0.2, 0) is 0 Å². The molecule has 2 aromatic carbocycles. The maximum Gasteiger partial charge on any atom is 0.274 e. The predicted octanol–water partition coefficient (Wildman–Crippen LogP) is 5.97. The van der Waals surface area contributed by atoms with E-state index in [2.05, 4.69) is 22.0 Å². The molecule has 0 saturated carbocycles. The molecular weight excluding hydrogens is 392 g/mol. The fourth-order valence-corrected chi connectivity index (χ4v) is 5.00. The van der Waals surface area contributed by atoms with Gasteiger partial charge in [0, 0.05) is 12.6 Å². The Bertz CT molecular complexity index is 956. The molecule has 1 fully saturated rings. The highest BCUT2D eigenvalue weighted by atomic mass is 32.1. The second-order valence-corrected chi connectivity index (χ2v) is 8.93. The summed E-state index contributed by atoms with van der Waals surface area (Å²) in [6.45, 7) is 3.46. The molecule has 1 amide bonds. The van der Waals surface area contributed by atoms with Crippen LogP contribution in [0, 0.1) is 6.92 Å². The van der Waals surface area contributed by atoms with E-state index in [0.717, 1.165) is 53.4 Å². The largest absolute Gasteiger partial charge is 0.494 e. The minimum atomic E-state index is 0.0758. The molecule has 1 aliphatic rings. The number of carbonyl (C=O) groups is 1. The van der Waals surface area contributed by atoms with Crippen molar-refractivity contribution in [1.29, 1.82) is 0 Å². The molecule has 1 aromatic heterocycles. The van der Waals surface area contributed by atoms with Gasteiger partial charge in [0.15, 0.2) is 0 Å². The summed E-state index contributed by atoms with van der Waals surface area (Å²) in [5.41, 5.74) is 1.67. The van der Waals surface area contributed by atoms with Crippen LogP contribution in [-0.4, -0.2) is 35.0 Å². The summed E-state index contributed by atoms with van der Waals surface area (Å²) in [5.74, 6) is 0.978. The number of aryl methyl sites for hydroxylation is 1. The van der Waals surface area contributed by atoms with Gasteiger partial charge in [-0.2, -0.15) is 0 Å². The number of nitrogens with zero attached hydrogens (tertiary/aromatic N) is 2. The van der Waals surface area contributed by atoms with Crippen LogP contribution in [0.15, 0.2) is 60.7 Å². The maximum atomic E-state index is 13.5. The third kappa shape index (κ3) is 4.90. The van der Waals surface area contributed by atoms with Gasteiger partial charge in [-0.3, -0.25) is 4.79 Å². The van der Waals surface area contributed by atoms with E-state index in [0.29, 0.717) is 12.3 Å². The van der Waals surface area contributed by atoms with Crippen molar-refractivity contribution in [2.45, 2.75) is 45.1 Å². The standard InChI is InChI=1S/C25H28N2O2S/c1-19-26-23(24(30-19)20-11-4-2-5-12-20)25(28)27-17-9-8-13-21(27)14-10-18-29-22-15-6-3-7-16-22/h2-7,11-12,15-16,21H,8-10,13-14,17-18H2,1H3. The summed E-state index contributed by atoms with van der Waals surface area (Å²) >= 11 is 1.60. The first-order chi connectivity index (χ1) is 14.7. The molecule has 3 aromatic rings. The van der Waals surface area contributed by atoms with Gasteiger partial charge in [0.05, 0.1) is 16.5 Å². The van der Waals surface area contributed by atoms with E-state index in [-0.39, 0.29) is 11.9 Å². The first kappa shape index (κ1) is 20.6. The Morgan fingerprint density at radius 1 is 1.10 bits per heavy atom. The highest BCUT2D eigenvalue weighted by Gasteiger charge is 2.30. The summed E-state index contributed by atoms with van der Waals surface area (Å²) in [4.78, 5) is 21.2. The number of hydrogen-bond acceptors (Lipinski definition) is 4. The fourth-order valence-electron chi connectivity index (χ4n) is 4.09. The van der Waals surface area contributed by atoms with Crippen LogP contribution in [0.4, 0.5) is 0 Å². The van der Waals surface area contributed by atoms with Gasteiger partial charge in [-0.15, -0.1) is 11.3 Å². The summed E-state index contributed by atoms with van der Waals surface area (Å²) in [7, 11) is 0. The smallest absolute Gasteiger partial charge is 0.274 e. The molecule has 0 spiro atoms. The van der Waals surface area contributed by atoms with Crippen LogP contribution in [0.1, 0.15) is 47.6 Å². The average molecular weight is 421 g/mol. The molecule has 0 radical (unpaired) electrons. The van der Waals surface area contributed by atoms with Gasteiger partial charge < -0.3 is 9.64 Å². The van der Waals surface area contributed by atoms with Crippen molar-refractivity contribution in [2.75, 3.05) is 13.2 Å². The summed E-state index contributed by atoms with van der Waals surface area (Å²) < 4.78 is 5.84. The van der Waals surface area contributed by atoms with Crippen LogP contribution < -0.4 is 4.74 Å². The maximum absolute atomic E-state index is 13.5. The van der Waals surface area contributed by atoms with Crippen molar-refractivity contribution < 1.29 is 9.53 Å². The number of thiazole rings is 1. The van der Waals surface area contributed by atoms with Crippen molar-refractivity contribution in [1.82, 2.24) is 9.88 Å². The Hall–Kier alpha value is -2.66. The van der Waals surface area contributed by atoms with Gasteiger partial charge in [0.2, 0.25) is 0 Å². The van der Waals surface area contributed by atoms with Gasteiger partial charge in [-0.1, -0.05) is 48.5 Å². The molecule has 1 unspecified atom stereocenters. The van der Waals surface area contributed by atoms with Gasteiger partial charge >= 0.3 is 0 Å². The SMILES string of the molecule is Cc1nc(C(=O)N2CCCCC2CCCOc2ccccc2)c(-c2ccccc2)s1. The second kappa shape index (κ2) is 9.90. The van der Waals surface area contributed by atoms with Crippen LogP contribution in [0.2, 0.25) is 0 Å². The number of aromatic nitrogens is 1. The first-order valence-electron chi connectivity index (χ1n) is 10.7. The molecule has 0 bridgehead atoms. The minimum absolute atomic E-state index is 0.0758. The molecule has 0 aliphatic carbocycles.